The Kier molecular flexibility index (Phi) is 3.77. The topological polar surface area (TPSA) is 23.8 Å². The first kappa shape index (κ1) is 11.5. The van der Waals surface area contributed by atoms with Crippen LogP contribution in [0.5, 0.6) is 0 Å². The van der Waals surface area contributed by atoms with E-state index in [0.717, 1.165) is 19.3 Å². The third kappa shape index (κ3) is 2.00. The van der Waals surface area contributed by atoms with Crippen LogP contribution in [-0.2, 0) is 0 Å². The highest BCUT2D eigenvalue weighted by atomic mass is 14.4. The second-order valence-corrected chi connectivity index (χ2v) is 4.40. The molecule has 0 aromatic carbocycles. The summed E-state index contributed by atoms with van der Waals surface area (Å²) in [6, 6.07) is 2.42. The van der Waals surface area contributed by atoms with Crippen LogP contribution in [0.15, 0.2) is 0 Å². The minimum Gasteiger partial charge on any atom is -0.198 e. The van der Waals surface area contributed by atoms with Crippen LogP contribution in [0.25, 0.3) is 0 Å². The van der Waals surface area contributed by atoms with Gasteiger partial charge in [0.25, 0.3) is 0 Å². The molecule has 0 N–H and O–H groups in total. The Morgan fingerprint density at radius 2 is 1.67 bits per heavy atom. The smallest absolute Gasteiger partial charge is 0.0689 e. The molecular weight excluding hydrogens is 146 g/mol. The van der Waals surface area contributed by atoms with Gasteiger partial charge in [-0.3, -0.25) is 0 Å². The first-order valence-corrected chi connectivity index (χ1v) is 4.84. The van der Waals surface area contributed by atoms with Crippen LogP contribution in [0.4, 0.5) is 0 Å². The molecule has 0 amide bonds. The molecule has 12 heavy (non-hydrogen) atoms. The zero-order chi connectivity index (χ0) is 9.83. The van der Waals surface area contributed by atoms with E-state index < -0.39 is 0 Å². The maximum absolute atomic E-state index is 9.04. The molecule has 0 aliphatic carbocycles. The summed E-state index contributed by atoms with van der Waals surface area (Å²) in [6.45, 7) is 10.7. The van der Waals surface area contributed by atoms with Gasteiger partial charge in [-0.25, -0.2) is 0 Å². The van der Waals surface area contributed by atoms with Crippen molar-refractivity contribution in [3.8, 4) is 6.07 Å². The van der Waals surface area contributed by atoms with Gasteiger partial charge in [0.2, 0.25) is 0 Å². The fourth-order valence-corrected chi connectivity index (χ4v) is 1.62. The molecule has 70 valence electrons. The minimum atomic E-state index is -0.197. The molecule has 0 aliphatic heterocycles. The Bertz CT molecular complexity index is 176. The van der Waals surface area contributed by atoms with Crippen LogP contribution in [-0.4, -0.2) is 0 Å². The van der Waals surface area contributed by atoms with E-state index in [-0.39, 0.29) is 10.8 Å². The Morgan fingerprint density at radius 3 is 1.92 bits per heavy atom. The highest BCUT2D eigenvalue weighted by Gasteiger charge is 2.38. The minimum absolute atomic E-state index is 0.177. The molecule has 0 saturated carbocycles. The predicted molar refractivity (Wildman–Crippen MR) is 52.7 cm³/mol. The zero-order valence-electron chi connectivity index (χ0n) is 9.07. The summed E-state index contributed by atoms with van der Waals surface area (Å²) in [5.74, 6) is 0. The zero-order valence-corrected chi connectivity index (χ0v) is 9.07. The second-order valence-electron chi connectivity index (χ2n) is 4.40. The molecule has 1 nitrogen and oxygen atoms in total. The standard InChI is InChI=1S/C11H21N/c1-6-8-11(5,7-2)10(3,4)9-12/h6-8H2,1-5H3. The fourth-order valence-electron chi connectivity index (χ4n) is 1.62. The maximum atomic E-state index is 9.04. The lowest BCUT2D eigenvalue weighted by molar-refractivity contribution is 0.126. The van der Waals surface area contributed by atoms with Crippen molar-refractivity contribution in [3.05, 3.63) is 0 Å². The van der Waals surface area contributed by atoms with Gasteiger partial charge in [-0.2, -0.15) is 5.26 Å². The van der Waals surface area contributed by atoms with Crippen LogP contribution >= 0.6 is 0 Å². The molecule has 1 unspecified atom stereocenters. The van der Waals surface area contributed by atoms with Crippen molar-refractivity contribution in [3.63, 3.8) is 0 Å². The van der Waals surface area contributed by atoms with Crippen molar-refractivity contribution in [2.75, 3.05) is 0 Å². The van der Waals surface area contributed by atoms with Crippen molar-refractivity contribution in [2.45, 2.75) is 53.9 Å². The van der Waals surface area contributed by atoms with E-state index in [1.54, 1.807) is 0 Å². The van der Waals surface area contributed by atoms with Gasteiger partial charge in [-0.15, -0.1) is 0 Å². The Balaban J connectivity index is 4.64. The molecule has 0 spiro atoms. The molecule has 0 rings (SSSR count). The summed E-state index contributed by atoms with van der Waals surface area (Å²) in [4.78, 5) is 0. The van der Waals surface area contributed by atoms with Gasteiger partial charge in [0, 0.05) is 0 Å². The maximum Gasteiger partial charge on any atom is 0.0689 e. The SMILES string of the molecule is CCCC(C)(CC)C(C)(C)C#N. The van der Waals surface area contributed by atoms with E-state index in [4.69, 9.17) is 5.26 Å². The van der Waals surface area contributed by atoms with Crippen LogP contribution in [0.3, 0.4) is 0 Å². The predicted octanol–water partition coefficient (Wildman–Crippen LogP) is 3.75. The monoisotopic (exact) mass is 167 g/mol. The third-order valence-electron chi connectivity index (χ3n) is 3.37. The summed E-state index contributed by atoms with van der Waals surface area (Å²) < 4.78 is 0. The van der Waals surface area contributed by atoms with Gasteiger partial charge in [0.05, 0.1) is 11.5 Å². The summed E-state index contributed by atoms with van der Waals surface area (Å²) in [5, 5.41) is 9.04. The number of nitriles is 1. The molecule has 0 aliphatic rings. The van der Waals surface area contributed by atoms with Crippen molar-refractivity contribution in [2.24, 2.45) is 10.8 Å². The highest BCUT2D eigenvalue weighted by Crippen LogP contribution is 2.44. The van der Waals surface area contributed by atoms with Crippen molar-refractivity contribution in [1.29, 1.82) is 5.26 Å². The van der Waals surface area contributed by atoms with Crippen molar-refractivity contribution in [1.82, 2.24) is 0 Å². The van der Waals surface area contributed by atoms with Gasteiger partial charge >= 0.3 is 0 Å². The molecule has 0 fully saturated rings. The second kappa shape index (κ2) is 3.94. The highest BCUT2D eigenvalue weighted by molar-refractivity contribution is 5.02. The number of hydrogen-bond acceptors (Lipinski definition) is 1. The molecule has 0 aromatic rings. The molecule has 0 heterocycles. The lowest BCUT2D eigenvalue weighted by Gasteiger charge is -2.38. The summed E-state index contributed by atoms with van der Waals surface area (Å²) in [6.07, 6.45) is 3.39. The van der Waals surface area contributed by atoms with E-state index in [0.29, 0.717) is 0 Å². The Hall–Kier alpha value is -0.510. The van der Waals surface area contributed by atoms with E-state index >= 15 is 0 Å². The molecular formula is C11H21N. The molecule has 0 bridgehead atoms. The number of hydrogen-bond donors (Lipinski definition) is 0. The fraction of sp³-hybridized carbons (Fsp3) is 0.909. The van der Waals surface area contributed by atoms with Crippen LogP contribution in [0, 0.1) is 22.2 Å². The van der Waals surface area contributed by atoms with Gasteiger partial charge in [0.15, 0.2) is 0 Å². The lowest BCUT2D eigenvalue weighted by Crippen LogP contribution is -2.33. The van der Waals surface area contributed by atoms with Crippen molar-refractivity contribution < 1.29 is 0 Å². The number of nitrogens with zero attached hydrogens (tertiary/aromatic N) is 1. The Morgan fingerprint density at radius 1 is 1.17 bits per heavy atom. The first-order valence-electron chi connectivity index (χ1n) is 4.84. The van der Waals surface area contributed by atoms with E-state index in [2.05, 4.69) is 26.8 Å². The van der Waals surface area contributed by atoms with Crippen LogP contribution in [0.2, 0.25) is 0 Å². The quantitative estimate of drug-likeness (QED) is 0.625. The average Bonchev–Trinajstić information content (AvgIpc) is 2.04. The van der Waals surface area contributed by atoms with E-state index in [1.165, 1.54) is 0 Å². The van der Waals surface area contributed by atoms with Crippen LogP contribution < -0.4 is 0 Å². The largest absolute Gasteiger partial charge is 0.198 e. The normalized spacial score (nSPS) is 16.7. The molecule has 0 aromatic heterocycles. The van der Waals surface area contributed by atoms with E-state index in [9.17, 15) is 0 Å². The van der Waals surface area contributed by atoms with Gasteiger partial charge in [-0.1, -0.05) is 27.2 Å². The average molecular weight is 167 g/mol. The third-order valence-corrected chi connectivity index (χ3v) is 3.37. The van der Waals surface area contributed by atoms with Crippen LogP contribution in [0.1, 0.15) is 53.9 Å². The van der Waals surface area contributed by atoms with Crippen molar-refractivity contribution >= 4 is 0 Å². The Labute approximate surface area is 76.8 Å². The van der Waals surface area contributed by atoms with Gasteiger partial charge in [-0.05, 0) is 32.1 Å². The number of rotatable bonds is 4. The van der Waals surface area contributed by atoms with Gasteiger partial charge < -0.3 is 0 Å². The molecule has 0 radical (unpaired) electrons. The lowest BCUT2D eigenvalue weighted by atomic mass is 9.64. The molecule has 0 saturated heterocycles. The summed E-state index contributed by atoms with van der Waals surface area (Å²) >= 11 is 0. The summed E-state index contributed by atoms with van der Waals surface area (Å²) in [7, 11) is 0. The molecule has 1 heteroatoms. The van der Waals surface area contributed by atoms with Gasteiger partial charge in [0.1, 0.15) is 0 Å². The molecule has 1 atom stereocenters. The van der Waals surface area contributed by atoms with E-state index in [1.807, 2.05) is 13.8 Å². The first-order chi connectivity index (χ1) is 5.43. The summed E-state index contributed by atoms with van der Waals surface area (Å²) in [5.41, 5.74) is -0.0196.